The van der Waals surface area contributed by atoms with Crippen molar-refractivity contribution < 1.29 is 19.1 Å². The first-order valence-corrected chi connectivity index (χ1v) is 8.98. The zero-order valence-electron chi connectivity index (χ0n) is 16.3. The maximum absolute atomic E-state index is 12.5. The summed E-state index contributed by atoms with van der Waals surface area (Å²) in [7, 11) is 1.53. The van der Waals surface area contributed by atoms with Crippen LogP contribution < -0.4 is 20.8 Å². The standard InChI is InChI=1S/C22H19N3O5/c1-13(26)14-3-5-15(6-4-14)23-21(28)19-11-17(27)12-20(25-19)22(29)24-16-7-9-18(30-2)10-8-16/h3-12H,1-2H3,(H,23,28)(H,24,29)(H,25,27). The molecule has 0 unspecified atom stereocenters. The number of H-pyrrole nitrogens is 1. The minimum absolute atomic E-state index is 0.0598. The van der Waals surface area contributed by atoms with Crippen molar-refractivity contribution in [2.75, 3.05) is 17.7 Å². The molecule has 0 aliphatic carbocycles. The predicted octanol–water partition coefficient (Wildman–Crippen LogP) is 3.09. The molecule has 0 atom stereocenters. The molecule has 0 saturated carbocycles. The highest BCUT2D eigenvalue weighted by Gasteiger charge is 2.14. The highest BCUT2D eigenvalue weighted by atomic mass is 16.5. The molecular formula is C22H19N3O5. The summed E-state index contributed by atoms with van der Waals surface area (Å²) in [5.41, 5.74) is 0.832. The summed E-state index contributed by atoms with van der Waals surface area (Å²) in [6.07, 6.45) is 0. The number of Topliss-reactive ketones (excluding diaryl/α,β-unsaturated/α-hetero) is 1. The molecule has 1 heterocycles. The van der Waals surface area contributed by atoms with Crippen molar-refractivity contribution in [1.29, 1.82) is 0 Å². The van der Waals surface area contributed by atoms with Crippen molar-refractivity contribution >= 4 is 29.0 Å². The molecule has 8 heteroatoms. The average molecular weight is 405 g/mol. The van der Waals surface area contributed by atoms with Gasteiger partial charge in [-0.25, -0.2) is 0 Å². The molecule has 0 radical (unpaired) electrons. The third-order valence-corrected chi connectivity index (χ3v) is 4.23. The number of aromatic nitrogens is 1. The Kier molecular flexibility index (Phi) is 6.07. The number of nitrogens with one attached hydrogen (secondary N) is 3. The van der Waals surface area contributed by atoms with Crippen LogP contribution in [0.5, 0.6) is 5.75 Å². The van der Waals surface area contributed by atoms with E-state index in [2.05, 4.69) is 15.6 Å². The van der Waals surface area contributed by atoms with Crippen LogP contribution in [0.4, 0.5) is 11.4 Å². The average Bonchev–Trinajstić information content (AvgIpc) is 2.74. The van der Waals surface area contributed by atoms with Gasteiger partial charge in [-0.05, 0) is 55.5 Å². The fourth-order valence-corrected chi connectivity index (χ4v) is 2.65. The van der Waals surface area contributed by atoms with Gasteiger partial charge in [0, 0.05) is 29.1 Å². The molecule has 3 aromatic rings. The van der Waals surface area contributed by atoms with Gasteiger partial charge in [0.25, 0.3) is 11.8 Å². The van der Waals surface area contributed by atoms with Crippen molar-refractivity contribution in [3.05, 3.63) is 87.8 Å². The lowest BCUT2D eigenvalue weighted by molar-refractivity contribution is 0.100. The van der Waals surface area contributed by atoms with Crippen molar-refractivity contribution in [3.8, 4) is 5.75 Å². The monoisotopic (exact) mass is 405 g/mol. The van der Waals surface area contributed by atoms with E-state index < -0.39 is 17.2 Å². The van der Waals surface area contributed by atoms with Crippen LogP contribution in [0.25, 0.3) is 0 Å². The Morgan fingerprint density at radius 1 is 0.800 bits per heavy atom. The lowest BCUT2D eigenvalue weighted by Gasteiger charge is -2.09. The highest BCUT2D eigenvalue weighted by Crippen LogP contribution is 2.16. The zero-order valence-corrected chi connectivity index (χ0v) is 16.3. The van der Waals surface area contributed by atoms with E-state index in [1.165, 1.54) is 14.0 Å². The first-order valence-electron chi connectivity index (χ1n) is 8.98. The quantitative estimate of drug-likeness (QED) is 0.545. The summed E-state index contributed by atoms with van der Waals surface area (Å²) in [6.45, 7) is 1.45. The third-order valence-electron chi connectivity index (χ3n) is 4.23. The normalized spacial score (nSPS) is 10.2. The number of ether oxygens (including phenoxy) is 1. The lowest BCUT2D eigenvalue weighted by atomic mass is 10.1. The SMILES string of the molecule is COc1ccc(NC(=O)c2cc(=O)cc(C(=O)Nc3ccc(C(C)=O)cc3)[nH]2)cc1. The van der Waals surface area contributed by atoms with Crippen LogP contribution in [0.3, 0.4) is 0 Å². The molecule has 30 heavy (non-hydrogen) atoms. The molecule has 3 rings (SSSR count). The minimum atomic E-state index is -0.596. The number of benzene rings is 2. The van der Waals surface area contributed by atoms with Gasteiger partial charge >= 0.3 is 0 Å². The summed E-state index contributed by atoms with van der Waals surface area (Å²) in [5.74, 6) is -0.622. The van der Waals surface area contributed by atoms with E-state index in [0.717, 1.165) is 12.1 Å². The Bertz CT molecular complexity index is 1150. The Morgan fingerprint density at radius 2 is 1.27 bits per heavy atom. The zero-order chi connectivity index (χ0) is 21.7. The molecule has 0 fully saturated rings. The number of aromatic amines is 1. The molecule has 8 nitrogen and oxygen atoms in total. The van der Waals surface area contributed by atoms with Crippen LogP contribution in [0.15, 0.2) is 65.5 Å². The van der Waals surface area contributed by atoms with E-state index in [1.54, 1.807) is 48.5 Å². The molecule has 152 valence electrons. The predicted molar refractivity (Wildman–Crippen MR) is 112 cm³/mol. The van der Waals surface area contributed by atoms with Crippen LogP contribution in [-0.2, 0) is 0 Å². The second-order valence-corrected chi connectivity index (χ2v) is 6.41. The van der Waals surface area contributed by atoms with Crippen LogP contribution in [0.1, 0.15) is 38.3 Å². The number of carbonyl (C=O) groups excluding carboxylic acids is 3. The van der Waals surface area contributed by atoms with Crippen LogP contribution in [0.2, 0.25) is 0 Å². The van der Waals surface area contributed by atoms with E-state index in [9.17, 15) is 19.2 Å². The van der Waals surface area contributed by atoms with E-state index in [1.807, 2.05) is 0 Å². The van der Waals surface area contributed by atoms with Gasteiger partial charge in [-0.2, -0.15) is 0 Å². The van der Waals surface area contributed by atoms with Gasteiger partial charge in [0.15, 0.2) is 11.2 Å². The summed E-state index contributed by atoms with van der Waals surface area (Å²) >= 11 is 0. The number of carbonyl (C=O) groups is 3. The molecule has 2 amide bonds. The second kappa shape index (κ2) is 8.87. The number of methoxy groups -OCH3 is 1. The summed E-state index contributed by atoms with van der Waals surface area (Å²) in [5, 5.41) is 5.26. The second-order valence-electron chi connectivity index (χ2n) is 6.41. The fraction of sp³-hybridized carbons (Fsp3) is 0.0909. The van der Waals surface area contributed by atoms with Crippen molar-refractivity contribution in [2.24, 2.45) is 0 Å². The molecule has 0 saturated heterocycles. The topological polar surface area (TPSA) is 117 Å². The van der Waals surface area contributed by atoms with Crippen molar-refractivity contribution in [1.82, 2.24) is 4.98 Å². The molecule has 0 spiro atoms. The molecule has 0 bridgehead atoms. The van der Waals surface area contributed by atoms with Gasteiger partial charge in [0.2, 0.25) is 0 Å². The summed E-state index contributed by atoms with van der Waals surface area (Å²) in [6, 6.07) is 15.2. The van der Waals surface area contributed by atoms with Gasteiger partial charge in [-0.1, -0.05) is 0 Å². The Morgan fingerprint density at radius 3 is 1.70 bits per heavy atom. The van der Waals surface area contributed by atoms with E-state index in [-0.39, 0.29) is 17.2 Å². The van der Waals surface area contributed by atoms with Gasteiger partial charge in [0.1, 0.15) is 17.1 Å². The number of hydrogen-bond acceptors (Lipinski definition) is 5. The van der Waals surface area contributed by atoms with Crippen molar-refractivity contribution in [3.63, 3.8) is 0 Å². The summed E-state index contributed by atoms with van der Waals surface area (Å²) < 4.78 is 5.06. The molecule has 3 N–H and O–H groups in total. The summed E-state index contributed by atoms with van der Waals surface area (Å²) in [4.78, 5) is 51.0. The van der Waals surface area contributed by atoms with Crippen LogP contribution in [-0.4, -0.2) is 29.7 Å². The Labute approximate surface area is 171 Å². The van der Waals surface area contributed by atoms with Gasteiger partial charge in [-0.3, -0.25) is 19.2 Å². The van der Waals surface area contributed by atoms with Gasteiger partial charge in [0.05, 0.1) is 7.11 Å². The third kappa shape index (κ3) is 4.99. The largest absolute Gasteiger partial charge is 0.497 e. The van der Waals surface area contributed by atoms with Crippen LogP contribution in [0, 0.1) is 0 Å². The van der Waals surface area contributed by atoms with E-state index >= 15 is 0 Å². The van der Waals surface area contributed by atoms with Crippen molar-refractivity contribution in [2.45, 2.75) is 6.92 Å². The molecule has 1 aromatic heterocycles. The maximum atomic E-state index is 12.5. The first-order chi connectivity index (χ1) is 14.4. The van der Waals surface area contributed by atoms with E-state index in [0.29, 0.717) is 22.7 Å². The van der Waals surface area contributed by atoms with Gasteiger partial charge < -0.3 is 20.4 Å². The first kappa shape index (κ1) is 20.5. The molecule has 0 aliphatic rings. The number of amides is 2. The molecule has 0 aliphatic heterocycles. The number of anilines is 2. The minimum Gasteiger partial charge on any atom is -0.497 e. The number of ketones is 1. The Hall–Kier alpha value is -4.20. The lowest BCUT2D eigenvalue weighted by Crippen LogP contribution is -2.22. The smallest absolute Gasteiger partial charge is 0.272 e. The number of pyridine rings is 1. The molecule has 2 aromatic carbocycles. The Balaban J connectivity index is 1.76. The van der Waals surface area contributed by atoms with Gasteiger partial charge in [-0.15, -0.1) is 0 Å². The number of hydrogen-bond donors (Lipinski definition) is 3. The maximum Gasteiger partial charge on any atom is 0.272 e. The van der Waals surface area contributed by atoms with Crippen LogP contribution >= 0.6 is 0 Å². The van der Waals surface area contributed by atoms with E-state index in [4.69, 9.17) is 4.74 Å². The number of rotatable bonds is 6. The highest BCUT2D eigenvalue weighted by molar-refractivity contribution is 6.06. The fourth-order valence-electron chi connectivity index (χ4n) is 2.65. The molecular weight excluding hydrogens is 386 g/mol.